The number of sulfonamides is 1. The highest BCUT2D eigenvalue weighted by Crippen LogP contribution is 2.17. The third kappa shape index (κ3) is 3.79. The van der Waals surface area contributed by atoms with Crippen LogP contribution in [0.25, 0.3) is 0 Å². The molecule has 1 aromatic rings. The minimum absolute atomic E-state index is 0.193. The highest BCUT2D eigenvalue weighted by Gasteiger charge is 2.19. The Morgan fingerprint density at radius 2 is 1.89 bits per heavy atom. The van der Waals surface area contributed by atoms with E-state index in [9.17, 15) is 13.2 Å². The predicted molar refractivity (Wildman–Crippen MR) is 74.4 cm³/mol. The molecule has 1 aromatic carbocycles. The SMILES string of the molecule is CC(=O)Nc1ccc(S(=O)(=O)N(C)CCBr)cc1. The first-order chi connectivity index (χ1) is 8.37. The summed E-state index contributed by atoms with van der Waals surface area (Å²) in [5, 5.41) is 3.16. The number of rotatable bonds is 5. The second-order valence-electron chi connectivity index (χ2n) is 3.72. The minimum Gasteiger partial charge on any atom is -0.326 e. The van der Waals surface area contributed by atoms with E-state index in [0.717, 1.165) is 0 Å². The number of nitrogens with zero attached hydrogens (tertiary/aromatic N) is 1. The molecule has 0 saturated carbocycles. The fraction of sp³-hybridized carbons (Fsp3) is 0.364. The maximum Gasteiger partial charge on any atom is 0.242 e. The van der Waals surface area contributed by atoms with Crippen molar-refractivity contribution in [3.63, 3.8) is 0 Å². The standard InChI is InChI=1S/C11H15BrN2O3S/c1-9(15)13-10-3-5-11(6-4-10)18(16,17)14(2)8-7-12/h3-6H,7-8H2,1-2H3,(H,13,15). The van der Waals surface area contributed by atoms with Gasteiger partial charge in [0.15, 0.2) is 0 Å². The lowest BCUT2D eigenvalue weighted by Gasteiger charge is -2.16. The van der Waals surface area contributed by atoms with E-state index < -0.39 is 10.0 Å². The molecule has 0 saturated heterocycles. The molecule has 0 aromatic heterocycles. The summed E-state index contributed by atoms with van der Waals surface area (Å²) in [6.45, 7) is 1.80. The summed E-state index contributed by atoms with van der Waals surface area (Å²) in [6.07, 6.45) is 0. The minimum atomic E-state index is -3.46. The van der Waals surface area contributed by atoms with Crippen LogP contribution in [0.15, 0.2) is 29.2 Å². The number of carbonyl (C=O) groups excluding carboxylic acids is 1. The predicted octanol–water partition coefficient (Wildman–Crippen LogP) is 1.66. The molecule has 0 unspecified atom stereocenters. The van der Waals surface area contributed by atoms with E-state index in [0.29, 0.717) is 17.6 Å². The Morgan fingerprint density at radius 1 is 1.33 bits per heavy atom. The summed E-state index contributed by atoms with van der Waals surface area (Å²) in [5.74, 6) is -0.193. The third-order valence-electron chi connectivity index (χ3n) is 2.28. The van der Waals surface area contributed by atoms with Gasteiger partial charge in [-0.15, -0.1) is 0 Å². The number of hydrogen-bond acceptors (Lipinski definition) is 3. The van der Waals surface area contributed by atoms with E-state index in [1.165, 1.54) is 30.4 Å². The summed E-state index contributed by atoms with van der Waals surface area (Å²) in [7, 11) is -1.93. The average molecular weight is 335 g/mol. The van der Waals surface area contributed by atoms with Gasteiger partial charge in [-0.1, -0.05) is 15.9 Å². The van der Waals surface area contributed by atoms with E-state index >= 15 is 0 Å². The van der Waals surface area contributed by atoms with E-state index in [2.05, 4.69) is 21.2 Å². The Bertz CT molecular complexity index is 514. The second kappa shape index (κ2) is 6.31. The molecule has 0 bridgehead atoms. The molecule has 1 rings (SSSR count). The number of halogens is 1. The number of nitrogens with one attached hydrogen (secondary N) is 1. The number of hydrogen-bond donors (Lipinski definition) is 1. The fourth-order valence-electron chi connectivity index (χ4n) is 1.33. The molecule has 100 valence electrons. The fourth-order valence-corrected chi connectivity index (χ4v) is 3.27. The Kier molecular flexibility index (Phi) is 5.30. The van der Waals surface area contributed by atoms with Gasteiger partial charge in [-0.25, -0.2) is 12.7 Å². The van der Waals surface area contributed by atoms with Gasteiger partial charge in [-0.3, -0.25) is 4.79 Å². The Labute approximate surface area is 115 Å². The number of anilines is 1. The number of benzene rings is 1. The highest BCUT2D eigenvalue weighted by molar-refractivity contribution is 9.09. The van der Waals surface area contributed by atoms with Crippen LogP contribution in [-0.2, 0) is 14.8 Å². The Morgan fingerprint density at radius 3 is 2.33 bits per heavy atom. The van der Waals surface area contributed by atoms with Gasteiger partial charge in [0.2, 0.25) is 15.9 Å². The lowest BCUT2D eigenvalue weighted by atomic mass is 10.3. The molecule has 0 aliphatic rings. The van der Waals surface area contributed by atoms with Crippen molar-refractivity contribution < 1.29 is 13.2 Å². The van der Waals surface area contributed by atoms with Crippen molar-refractivity contribution in [1.82, 2.24) is 4.31 Å². The monoisotopic (exact) mass is 334 g/mol. The summed E-state index contributed by atoms with van der Waals surface area (Å²) in [5.41, 5.74) is 0.574. The third-order valence-corrected chi connectivity index (χ3v) is 4.51. The molecule has 0 aliphatic heterocycles. The lowest BCUT2D eigenvalue weighted by Crippen LogP contribution is -2.28. The summed E-state index contributed by atoms with van der Waals surface area (Å²) >= 11 is 3.20. The number of alkyl halides is 1. The van der Waals surface area contributed by atoms with E-state index in [-0.39, 0.29) is 10.8 Å². The first-order valence-corrected chi connectivity index (χ1v) is 7.84. The normalized spacial score (nSPS) is 11.6. The van der Waals surface area contributed by atoms with Crippen LogP contribution in [0, 0.1) is 0 Å². The lowest BCUT2D eigenvalue weighted by molar-refractivity contribution is -0.114. The number of amides is 1. The van der Waals surface area contributed by atoms with Gasteiger partial charge in [-0.05, 0) is 24.3 Å². The van der Waals surface area contributed by atoms with E-state index in [1.54, 1.807) is 12.1 Å². The van der Waals surface area contributed by atoms with Crippen LogP contribution in [0.4, 0.5) is 5.69 Å². The summed E-state index contributed by atoms with van der Waals surface area (Å²) in [4.78, 5) is 11.1. The number of carbonyl (C=O) groups is 1. The van der Waals surface area contributed by atoms with Crippen LogP contribution in [0.5, 0.6) is 0 Å². The van der Waals surface area contributed by atoms with Crippen molar-refractivity contribution >= 4 is 37.5 Å². The van der Waals surface area contributed by atoms with Crippen molar-refractivity contribution in [2.75, 3.05) is 24.2 Å². The van der Waals surface area contributed by atoms with Crippen LogP contribution >= 0.6 is 15.9 Å². The van der Waals surface area contributed by atoms with Gasteiger partial charge < -0.3 is 5.32 Å². The molecule has 7 heteroatoms. The highest BCUT2D eigenvalue weighted by atomic mass is 79.9. The van der Waals surface area contributed by atoms with Crippen molar-refractivity contribution in [3.8, 4) is 0 Å². The molecule has 1 amide bonds. The molecule has 18 heavy (non-hydrogen) atoms. The van der Waals surface area contributed by atoms with Crippen molar-refractivity contribution in [3.05, 3.63) is 24.3 Å². The van der Waals surface area contributed by atoms with Crippen molar-refractivity contribution in [2.24, 2.45) is 0 Å². The molecule has 0 atom stereocenters. The molecule has 0 heterocycles. The summed E-state index contributed by atoms with van der Waals surface area (Å²) in [6, 6.07) is 6.09. The Hall–Kier alpha value is -0.920. The van der Waals surface area contributed by atoms with Crippen LogP contribution < -0.4 is 5.32 Å². The molecule has 0 aliphatic carbocycles. The first kappa shape index (κ1) is 15.1. The van der Waals surface area contributed by atoms with Gasteiger partial charge in [0.1, 0.15) is 0 Å². The van der Waals surface area contributed by atoms with Crippen LogP contribution in [0.2, 0.25) is 0 Å². The smallest absolute Gasteiger partial charge is 0.242 e. The van der Waals surface area contributed by atoms with Gasteiger partial charge >= 0.3 is 0 Å². The van der Waals surface area contributed by atoms with Gasteiger partial charge in [0, 0.05) is 31.5 Å². The van der Waals surface area contributed by atoms with Crippen LogP contribution in [-0.4, -0.2) is 37.6 Å². The molecule has 5 nitrogen and oxygen atoms in total. The second-order valence-corrected chi connectivity index (χ2v) is 6.56. The molecule has 0 fully saturated rings. The van der Waals surface area contributed by atoms with Gasteiger partial charge in [0.25, 0.3) is 0 Å². The topological polar surface area (TPSA) is 66.5 Å². The van der Waals surface area contributed by atoms with Crippen LogP contribution in [0.3, 0.4) is 0 Å². The molecular formula is C11H15BrN2O3S. The molecule has 0 radical (unpaired) electrons. The summed E-state index contributed by atoms with van der Waals surface area (Å²) < 4.78 is 25.4. The maximum absolute atomic E-state index is 12.1. The van der Waals surface area contributed by atoms with Crippen molar-refractivity contribution in [1.29, 1.82) is 0 Å². The molecule has 1 N–H and O–H groups in total. The van der Waals surface area contributed by atoms with E-state index in [1.807, 2.05) is 0 Å². The van der Waals surface area contributed by atoms with Gasteiger partial charge in [0.05, 0.1) is 4.90 Å². The zero-order chi connectivity index (χ0) is 13.8. The Balaban J connectivity index is 2.94. The zero-order valence-electron chi connectivity index (χ0n) is 10.2. The molecule has 0 spiro atoms. The van der Waals surface area contributed by atoms with Gasteiger partial charge in [-0.2, -0.15) is 0 Å². The molecular weight excluding hydrogens is 320 g/mol. The zero-order valence-corrected chi connectivity index (χ0v) is 12.6. The largest absolute Gasteiger partial charge is 0.326 e. The van der Waals surface area contributed by atoms with E-state index in [4.69, 9.17) is 0 Å². The quantitative estimate of drug-likeness (QED) is 0.833. The average Bonchev–Trinajstić information content (AvgIpc) is 2.29. The maximum atomic E-state index is 12.1. The van der Waals surface area contributed by atoms with Crippen molar-refractivity contribution in [2.45, 2.75) is 11.8 Å². The first-order valence-electron chi connectivity index (χ1n) is 5.28. The van der Waals surface area contributed by atoms with Crippen LogP contribution in [0.1, 0.15) is 6.92 Å².